The van der Waals surface area contributed by atoms with Crippen LogP contribution in [0.5, 0.6) is 5.75 Å². The van der Waals surface area contributed by atoms with Crippen molar-refractivity contribution in [1.29, 1.82) is 0 Å². The van der Waals surface area contributed by atoms with Crippen molar-refractivity contribution in [3.63, 3.8) is 0 Å². The Labute approximate surface area is 171 Å². The Morgan fingerprint density at radius 1 is 1.13 bits per heavy atom. The molecule has 6 nitrogen and oxygen atoms in total. The molecular formula is C23H18FN3O3. The average Bonchev–Trinajstić information content (AvgIpc) is 2.73. The molecule has 2 heterocycles. The third kappa shape index (κ3) is 3.53. The van der Waals surface area contributed by atoms with E-state index in [1.807, 2.05) is 31.2 Å². The van der Waals surface area contributed by atoms with Gasteiger partial charge in [-0.3, -0.25) is 14.2 Å². The molecule has 0 fully saturated rings. The van der Waals surface area contributed by atoms with E-state index in [0.29, 0.717) is 0 Å². The quantitative estimate of drug-likeness (QED) is 0.547. The van der Waals surface area contributed by atoms with Gasteiger partial charge in [-0.2, -0.15) is 0 Å². The molecular weight excluding hydrogens is 385 g/mol. The number of halogens is 1. The number of rotatable bonds is 4. The van der Waals surface area contributed by atoms with Crippen molar-refractivity contribution in [1.82, 2.24) is 14.9 Å². The molecule has 0 atom stereocenters. The van der Waals surface area contributed by atoms with Crippen LogP contribution in [0, 0.1) is 12.7 Å². The summed E-state index contributed by atoms with van der Waals surface area (Å²) in [6.45, 7) is 2.12. The van der Waals surface area contributed by atoms with Crippen molar-refractivity contribution < 1.29 is 14.3 Å². The summed E-state index contributed by atoms with van der Waals surface area (Å²) in [5, 5.41) is 13.6. The smallest absolute Gasteiger partial charge is 0.273 e. The molecule has 4 rings (SSSR count). The number of nitrogens with one attached hydrogen (secondary N) is 1. The third-order valence-corrected chi connectivity index (χ3v) is 4.74. The number of hydrogen-bond acceptors (Lipinski definition) is 4. The number of carbonyl (C=O) groups excluding carboxylic acids is 1. The van der Waals surface area contributed by atoms with Crippen LogP contribution in [0.15, 0.2) is 71.7 Å². The van der Waals surface area contributed by atoms with Crippen LogP contribution in [-0.2, 0) is 6.54 Å². The number of nitrogens with zero attached hydrogens (tertiary/aromatic N) is 2. The molecule has 1 amide bonds. The molecule has 0 saturated heterocycles. The van der Waals surface area contributed by atoms with Crippen LogP contribution in [0.1, 0.15) is 21.5 Å². The lowest BCUT2D eigenvalue weighted by molar-refractivity contribution is 0.0946. The van der Waals surface area contributed by atoms with Crippen LogP contribution in [0.2, 0.25) is 0 Å². The summed E-state index contributed by atoms with van der Waals surface area (Å²) in [6, 6.07) is 16.1. The highest BCUT2D eigenvalue weighted by molar-refractivity contribution is 6.02. The van der Waals surface area contributed by atoms with Gasteiger partial charge in [0.2, 0.25) is 0 Å². The highest BCUT2D eigenvalue weighted by Gasteiger charge is 2.23. The number of pyridine rings is 2. The minimum atomic E-state index is -0.786. The zero-order valence-corrected chi connectivity index (χ0v) is 16.1. The van der Waals surface area contributed by atoms with Crippen LogP contribution in [0.4, 0.5) is 4.39 Å². The lowest BCUT2D eigenvalue weighted by Gasteiger charge is -2.14. The Bertz CT molecular complexity index is 1330. The summed E-state index contributed by atoms with van der Waals surface area (Å²) in [5.74, 6) is -1.73. The zero-order chi connectivity index (χ0) is 21.3. The molecule has 0 saturated carbocycles. The second kappa shape index (κ2) is 7.79. The number of aromatic nitrogens is 2. The summed E-state index contributed by atoms with van der Waals surface area (Å²) in [5.41, 5.74) is 1.02. The van der Waals surface area contributed by atoms with E-state index in [4.69, 9.17) is 0 Å². The highest BCUT2D eigenvalue weighted by atomic mass is 19.1. The summed E-state index contributed by atoms with van der Waals surface area (Å²) in [4.78, 5) is 30.2. The van der Waals surface area contributed by atoms with Gasteiger partial charge >= 0.3 is 0 Å². The van der Waals surface area contributed by atoms with Gasteiger partial charge in [0.05, 0.1) is 11.1 Å². The second-order valence-electron chi connectivity index (χ2n) is 6.89. The molecule has 150 valence electrons. The maximum Gasteiger partial charge on any atom is 0.273 e. The molecule has 0 aliphatic rings. The number of aromatic hydroxyl groups is 1. The molecule has 0 aliphatic carbocycles. The van der Waals surface area contributed by atoms with Gasteiger partial charge in [-0.1, -0.05) is 35.9 Å². The van der Waals surface area contributed by atoms with E-state index in [-0.39, 0.29) is 23.3 Å². The Morgan fingerprint density at radius 3 is 2.70 bits per heavy atom. The molecule has 0 radical (unpaired) electrons. The first-order valence-electron chi connectivity index (χ1n) is 9.28. The monoisotopic (exact) mass is 403 g/mol. The van der Waals surface area contributed by atoms with Crippen molar-refractivity contribution in [2.24, 2.45) is 0 Å². The normalized spacial score (nSPS) is 10.9. The Morgan fingerprint density at radius 2 is 1.93 bits per heavy atom. The topological polar surface area (TPSA) is 84.2 Å². The number of amides is 1. The molecule has 2 aromatic carbocycles. The summed E-state index contributed by atoms with van der Waals surface area (Å²) < 4.78 is 14.9. The number of aryl methyl sites for hydroxylation is 1. The van der Waals surface area contributed by atoms with Crippen LogP contribution < -0.4 is 10.9 Å². The van der Waals surface area contributed by atoms with Crippen LogP contribution in [-0.4, -0.2) is 20.6 Å². The van der Waals surface area contributed by atoms with Crippen LogP contribution in [0.3, 0.4) is 0 Å². The molecule has 0 unspecified atom stereocenters. The van der Waals surface area contributed by atoms with Crippen molar-refractivity contribution in [2.45, 2.75) is 13.5 Å². The van der Waals surface area contributed by atoms with Crippen molar-refractivity contribution in [3.8, 4) is 11.4 Å². The first-order valence-corrected chi connectivity index (χ1v) is 9.28. The van der Waals surface area contributed by atoms with Crippen molar-refractivity contribution >= 4 is 16.9 Å². The van der Waals surface area contributed by atoms with Gasteiger partial charge < -0.3 is 10.4 Å². The van der Waals surface area contributed by atoms with E-state index in [1.165, 1.54) is 30.5 Å². The molecule has 0 bridgehead atoms. The molecule has 2 N–H and O–H groups in total. The Kier molecular flexibility index (Phi) is 5.02. The van der Waals surface area contributed by atoms with E-state index in [0.717, 1.165) is 15.7 Å². The van der Waals surface area contributed by atoms with E-state index in [9.17, 15) is 19.1 Å². The maximum absolute atomic E-state index is 13.8. The highest BCUT2D eigenvalue weighted by Crippen LogP contribution is 2.26. The Balaban J connectivity index is 1.84. The first kappa shape index (κ1) is 19.3. The zero-order valence-electron chi connectivity index (χ0n) is 16.1. The van der Waals surface area contributed by atoms with Gasteiger partial charge in [-0.05, 0) is 42.8 Å². The molecule has 2 aromatic heterocycles. The maximum atomic E-state index is 13.8. The largest absolute Gasteiger partial charge is 0.506 e. The lowest BCUT2D eigenvalue weighted by atomic mass is 10.1. The van der Waals surface area contributed by atoms with E-state index >= 15 is 0 Å². The Hall–Kier alpha value is -4.00. The fourth-order valence-corrected chi connectivity index (χ4v) is 3.36. The van der Waals surface area contributed by atoms with Crippen LogP contribution >= 0.6 is 0 Å². The van der Waals surface area contributed by atoms with Gasteiger partial charge in [0.15, 0.2) is 5.65 Å². The summed E-state index contributed by atoms with van der Waals surface area (Å²) >= 11 is 0. The fourth-order valence-electron chi connectivity index (χ4n) is 3.36. The number of fused-ring (bicyclic) bond motifs is 1. The van der Waals surface area contributed by atoms with E-state index in [1.54, 1.807) is 12.1 Å². The fraction of sp³-hybridized carbons (Fsp3) is 0.0870. The third-order valence-electron chi connectivity index (χ3n) is 4.74. The average molecular weight is 403 g/mol. The molecule has 7 heteroatoms. The van der Waals surface area contributed by atoms with Gasteiger partial charge in [-0.25, -0.2) is 9.37 Å². The predicted molar refractivity (Wildman–Crippen MR) is 111 cm³/mol. The molecule has 30 heavy (non-hydrogen) atoms. The number of hydrogen-bond donors (Lipinski definition) is 2. The van der Waals surface area contributed by atoms with Gasteiger partial charge in [0.1, 0.15) is 17.1 Å². The predicted octanol–water partition coefficient (Wildman–Crippen LogP) is 3.47. The van der Waals surface area contributed by atoms with Gasteiger partial charge in [0, 0.05) is 12.7 Å². The second-order valence-corrected chi connectivity index (χ2v) is 6.89. The molecule has 4 aromatic rings. The first-order chi connectivity index (χ1) is 14.5. The van der Waals surface area contributed by atoms with E-state index in [2.05, 4.69) is 10.3 Å². The summed E-state index contributed by atoms with van der Waals surface area (Å²) in [6.07, 6.45) is 1.45. The van der Waals surface area contributed by atoms with Gasteiger partial charge in [0.25, 0.3) is 11.5 Å². The van der Waals surface area contributed by atoms with E-state index < -0.39 is 28.6 Å². The van der Waals surface area contributed by atoms with Crippen molar-refractivity contribution in [3.05, 3.63) is 99.7 Å². The minimum absolute atomic E-state index is 0.126. The minimum Gasteiger partial charge on any atom is -0.506 e. The number of carbonyl (C=O) groups is 1. The van der Waals surface area contributed by atoms with Crippen LogP contribution in [0.25, 0.3) is 16.7 Å². The standard InChI is InChI=1S/C23H18FN3O3/c1-14-5-2-6-15(11-14)13-26-22(29)19-20(28)18-9-4-10-25-21(18)27(23(19)30)17-8-3-7-16(24)12-17/h2-12,28H,13H2,1H3,(H,26,29). The molecule has 0 spiro atoms. The summed E-state index contributed by atoms with van der Waals surface area (Å²) in [7, 11) is 0. The lowest BCUT2D eigenvalue weighted by Crippen LogP contribution is -2.33. The SMILES string of the molecule is Cc1cccc(CNC(=O)c2c(O)c3cccnc3n(-c3cccc(F)c3)c2=O)c1. The number of benzene rings is 2. The molecule has 0 aliphatic heterocycles. The van der Waals surface area contributed by atoms with Crippen molar-refractivity contribution in [2.75, 3.05) is 0 Å². The van der Waals surface area contributed by atoms with Gasteiger partial charge in [-0.15, -0.1) is 0 Å².